The number of hydrogen-bond donors (Lipinski definition) is 0. The first-order valence-corrected chi connectivity index (χ1v) is 3.58. The maximum Gasteiger partial charge on any atom is 0.123 e. The van der Waals surface area contributed by atoms with Crippen LogP contribution in [0.4, 0.5) is 4.39 Å². The molecule has 0 saturated carbocycles. The van der Waals surface area contributed by atoms with Gasteiger partial charge in [0, 0.05) is 0 Å². The molecule has 1 atom stereocenters. The predicted molar refractivity (Wildman–Crippen MR) is 44.1 cm³/mol. The molecule has 0 aliphatic heterocycles. The summed E-state index contributed by atoms with van der Waals surface area (Å²) in [4.78, 5) is 0. The van der Waals surface area contributed by atoms with Crippen LogP contribution in [0.15, 0.2) is 24.3 Å². The van der Waals surface area contributed by atoms with E-state index < -0.39 is 0 Å². The van der Waals surface area contributed by atoms with E-state index in [1.54, 1.807) is 19.2 Å². The molecule has 0 saturated heterocycles. The van der Waals surface area contributed by atoms with Gasteiger partial charge in [0.25, 0.3) is 0 Å². The SMILES string of the molecule is C[N-]C(C)c1ccc(F)cc1. The standard InChI is InChI=1S/C9H11FN/c1-7(11-2)8-3-5-9(10)6-4-8/h3-7H,1-2H3/q-1. The van der Waals surface area contributed by atoms with Gasteiger partial charge in [0.15, 0.2) is 0 Å². The molecule has 0 fully saturated rings. The van der Waals surface area contributed by atoms with Gasteiger partial charge in [-0.1, -0.05) is 24.6 Å². The number of halogens is 1. The quantitative estimate of drug-likeness (QED) is 0.618. The second-order valence-corrected chi connectivity index (χ2v) is 2.49. The molecule has 0 bridgehead atoms. The molecule has 0 spiro atoms. The van der Waals surface area contributed by atoms with Gasteiger partial charge in [-0.3, -0.25) is 0 Å². The highest BCUT2D eigenvalue weighted by Gasteiger charge is 1.93. The molecule has 0 aliphatic carbocycles. The largest absolute Gasteiger partial charge is 0.659 e. The van der Waals surface area contributed by atoms with Gasteiger partial charge in [-0.2, -0.15) is 7.05 Å². The molecule has 0 aliphatic rings. The number of nitrogens with zero attached hydrogens (tertiary/aromatic N) is 1. The molecule has 1 nitrogen and oxygen atoms in total. The van der Waals surface area contributed by atoms with Crippen LogP contribution < -0.4 is 0 Å². The third-order valence-corrected chi connectivity index (χ3v) is 1.74. The number of benzene rings is 1. The Bertz CT molecular complexity index is 218. The summed E-state index contributed by atoms with van der Waals surface area (Å²) in [6, 6.07) is 6.59. The summed E-state index contributed by atoms with van der Waals surface area (Å²) < 4.78 is 12.4. The van der Waals surface area contributed by atoms with Crippen LogP contribution >= 0.6 is 0 Å². The first-order chi connectivity index (χ1) is 5.24. The smallest absolute Gasteiger partial charge is 0.123 e. The van der Waals surface area contributed by atoms with Crippen LogP contribution in [0.1, 0.15) is 18.5 Å². The Hall–Kier alpha value is -0.890. The van der Waals surface area contributed by atoms with E-state index in [2.05, 4.69) is 5.32 Å². The Kier molecular flexibility index (Phi) is 2.60. The van der Waals surface area contributed by atoms with Crippen LogP contribution in [0, 0.1) is 5.82 Å². The van der Waals surface area contributed by atoms with E-state index in [0.29, 0.717) is 0 Å². The molecule has 1 aromatic carbocycles. The summed E-state index contributed by atoms with van der Waals surface area (Å²) in [7, 11) is 1.76. The van der Waals surface area contributed by atoms with E-state index in [9.17, 15) is 4.39 Å². The molecule has 11 heavy (non-hydrogen) atoms. The second-order valence-electron chi connectivity index (χ2n) is 2.49. The van der Waals surface area contributed by atoms with E-state index in [-0.39, 0.29) is 11.9 Å². The molecule has 0 N–H and O–H groups in total. The normalized spacial score (nSPS) is 13.0. The Morgan fingerprint density at radius 1 is 1.27 bits per heavy atom. The van der Waals surface area contributed by atoms with E-state index in [1.165, 1.54) is 12.1 Å². The molecule has 2 heteroatoms. The minimum absolute atomic E-state index is 0.163. The average Bonchev–Trinajstić information content (AvgIpc) is 2.05. The third-order valence-electron chi connectivity index (χ3n) is 1.74. The van der Waals surface area contributed by atoms with Gasteiger partial charge in [0.2, 0.25) is 0 Å². The zero-order valence-corrected chi connectivity index (χ0v) is 6.71. The highest BCUT2D eigenvalue weighted by atomic mass is 19.1. The van der Waals surface area contributed by atoms with Crippen molar-refractivity contribution in [3.63, 3.8) is 0 Å². The highest BCUT2D eigenvalue weighted by molar-refractivity contribution is 5.22. The van der Waals surface area contributed by atoms with Crippen molar-refractivity contribution in [3.05, 3.63) is 41.0 Å². The van der Waals surface area contributed by atoms with Crippen molar-refractivity contribution in [2.24, 2.45) is 0 Å². The molecule has 0 radical (unpaired) electrons. The van der Waals surface area contributed by atoms with E-state index in [0.717, 1.165) is 5.56 Å². The summed E-state index contributed by atoms with van der Waals surface area (Å²) in [6.45, 7) is 1.98. The van der Waals surface area contributed by atoms with Gasteiger partial charge < -0.3 is 5.32 Å². The van der Waals surface area contributed by atoms with Crippen molar-refractivity contribution in [3.8, 4) is 0 Å². The lowest BCUT2D eigenvalue weighted by Gasteiger charge is -2.22. The highest BCUT2D eigenvalue weighted by Crippen LogP contribution is 2.18. The zero-order valence-electron chi connectivity index (χ0n) is 6.71. The van der Waals surface area contributed by atoms with Crippen molar-refractivity contribution in [2.75, 3.05) is 7.05 Å². The average molecular weight is 152 g/mol. The van der Waals surface area contributed by atoms with Gasteiger partial charge in [-0.15, -0.1) is 6.04 Å². The van der Waals surface area contributed by atoms with Crippen molar-refractivity contribution < 1.29 is 4.39 Å². The Labute approximate surface area is 66.2 Å². The van der Waals surface area contributed by atoms with Crippen LogP contribution in [0.5, 0.6) is 0 Å². The third kappa shape index (κ3) is 2.02. The van der Waals surface area contributed by atoms with E-state index >= 15 is 0 Å². The number of hydrogen-bond acceptors (Lipinski definition) is 0. The van der Waals surface area contributed by atoms with Crippen molar-refractivity contribution in [2.45, 2.75) is 13.0 Å². The fourth-order valence-electron chi connectivity index (χ4n) is 0.890. The Morgan fingerprint density at radius 2 is 1.82 bits per heavy atom. The van der Waals surface area contributed by atoms with E-state index in [1.807, 2.05) is 6.92 Å². The monoisotopic (exact) mass is 152 g/mol. The summed E-state index contributed by atoms with van der Waals surface area (Å²) in [6.07, 6.45) is 0. The van der Waals surface area contributed by atoms with Crippen LogP contribution in [0.2, 0.25) is 0 Å². The fourth-order valence-corrected chi connectivity index (χ4v) is 0.890. The lowest BCUT2D eigenvalue weighted by atomic mass is 10.1. The van der Waals surface area contributed by atoms with Gasteiger partial charge in [-0.25, -0.2) is 4.39 Å². The first kappa shape index (κ1) is 8.21. The lowest BCUT2D eigenvalue weighted by molar-refractivity contribution is 0.626. The maximum absolute atomic E-state index is 12.4. The topological polar surface area (TPSA) is 14.1 Å². The summed E-state index contributed by atoms with van der Waals surface area (Å²) >= 11 is 0. The predicted octanol–water partition coefficient (Wildman–Crippen LogP) is 2.89. The Morgan fingerprint density at radius 3 is 2.27 bits per heavy atom. The summed E-state index contributed by atoms with van der Waals surface area (Å²) in [5.74, 6) is -0.197. The molecule has 60 valence electrons. The van der Waals surface area contributed by atoms with Crippen molar-refractivity contribution >= 4 is 0 Å². The van der Waals surface area contributed by atoms with Crippen LogP contribution in [0.25, 0.3) is 5.32 Å². The minimum atomic E-state index is -0.197. The van der Waals surface area contributed by atoms with Gasteiger partial charge in [0.1, 0.15) is 5.82 Å². The molecule has 1 unspecified atom stereocenters. The maximum atomic E-state index is 12.4. The zero-order chi connectivity index (χ0) is 8.27. The lowest BCUT2D eigenvalue weighted by Crippen LogP contribution is -1.89. The second kappa shape index (κ2) is 3.49. The Balaban J connectivity index is 2.81. The number of rotatable bonds is 2. The minimum Gasteiger partial charge on any atom is -0.659 e. The van der Waals surface area contributed by atoms with Crippen LogP contribution in [-0.2, 0) is 0 Å². The molecular weight excluding hydrogens is 141 g/mol. The van der Waals surface area contributed by atoms with Crippen LogP contribution in [0.3, 0.4) is 0 Å². The first-order valence-electron chi connectivity index (χ1n) is 3.58. The van der Waals surface area contributed by atoms with Crippen LogP contribution in [-0.4, -0.2) is 7.05 Å². The van der Waals surface area contributed by atoms with E-state index in [4.69, 9.17) is 0 Å². The molecule has 0 aromatic heterocycles. The van der Waals surface area contributed by atoms with Gasteiger partial charge in [-0.05, 0) is 12.1 Å². The van der Waals surface area contributed by atoms with Crippen molar-refractivity contribution in [1.82, 2.24) is 0 Å². The van der Waals surface area contributed by atoms with Gasteiger partial charge >= 0.3 is 0 Å². The molecule has 1 aromatic rings. The molecule has 1 rings (SSSR count). The fraction of sp³-hybridized carbons (Fsp3) is 0.333. The summed E-state index contributed by atoms with van der Waals surface area (Å²) in [5, 5.41) is 4.07. The molecule has 0 heterocycles. The van der Waals surface area contributed by atoms with Crippen molar-refractivity contribution in [1.29, 1.82) is 0 Å². The summed E-state index contributed by atoms with van der Waals surface area (Å²) in [5.41, 5.74) is 1.05. The molecular formula is C9H11FN-. The molecule has 0 amide bonds. The van der Waals surface area contributed by atoms with Gasteiger partial charge in [0.05, 0.1) is 0 Å².